The highest BCUT2D eigenvalue weighted by molar-refractivity contribution is 6.21. The molecule has 2 heteroatoms. The zero-order valence-electron chi connectivity index (χ0n) is 25.6. The van der Waals surface area contributed by atoms with Crippen LogP contribution in [0.1, 0.15) is 22.3 Å². The highest BCUT2D eigenvalue weighted by Crippen LogP contribution is 2.63. The molecule has 47 heavy (non-hydrogen) atoms. The Bertz CT molecular complexity index is 2460. The van der Waals surface area contributed by atoms with E-state index in [2.05, 4.69) is 158 Å². The average Bonchev–Trinajstić information content (AvgIpc) is 3.42. The van der Waals surface area contributed by atoms with Gasteiger partial charge in [0, 0.05) is 22.4 Å². The van der Waals surface area contributed by atoms with E-state index in [-0.39, 0.29) is 0 Å². The first-order chi connectivity index (χ1) is 23.2. The summed E-state index contributed by atoms with van der Waals surface area (Å²) in [6.07, 6.45) is 0. The second-order valence-corrected chi connectivity index (χ2v) is 12.6. The molecular weight excluding hydrogens is 571 g/mol. The molecule has 10 rings (SSSR count). The van der Waals surface area contributed by atoms with Crippen LogP contribution in [0.5, 0.6) is 11.5 Å². The van der Waals surface area contributed by atoms with E-state index in [9.17, 15) is 0 Å². The average molecular weight is 600 g/mol. The molecule has 0 bridgehead atoms. The maximum absolute atomic E-state index is 7.00. The number of nitrogen functional groups attached to an aromatic ring is 1. The standard InChI is InChI=1S/C45H29NO/c46-39-22-12-19-35-30-26-25-29(27-38(30)45(44(35)39)36-20-8-10-23-40(36)47-41-24-11-9-21-37(41)45)43-33-17-6-4-15-31(33)42(28-13-2-1-3-14-28)32-16-5-7-18-34(32)43/h1-27H,46H2. The number of nitrogens with two attached hydrogens (primary N) is 1. The van der Waals surface area contributed by atoms with E-state index in [1.54, 1.807) is 0 Å². The summed E-state index contributed by atoms with van der Waals surface area (Å²) in [6.45, 7) is 0. The zero-order chi connectivity index (χ0) is 31.1. The third kappa shape index (κ3) is 3.45. The highest BCUT2D eigenvalue weighted by Gasteiger charge is 2.52. The number of benzene rings is 8. The first-order valence-electron chi connectivity index (χ1n) is 16.1. The third-order valence-electron chi connectivity index (χ3n) is 10.3. The Balaban J connectivity index is 1.35. The van der Waals surface area contributed by atoms with Crippen molar-refractivity contribution in [3.05, 3.63) is 186 Å². The number of hydrogen-bond acceptors (Lipinski definition) is 2. The quantitative estimate of drug-likeness (QED) is 0.158. The summed E-state index contributed by atoms with van der Waals surface area (Å²) < 4.78 is 6.58. The predicted octanol–water partition coefficient (Wildman–Crippen LogP) is 11.4. The second kappa shape index (κ2) is 9.69. The lowest BCUT2D eigenvalue weighted by Gasteiger charge is -2.39. The van der Waals surface area contributed by atoms with E-state index >= 15 is 0 Å². The summed E-state index contributed by atoms with van der Waals surface area (Å²) >= 11 is 0. The van der Waals surface area contributed by atoms with Crippen molar-refractivity contribution < 1.29 is 4.74 Å². The van der Waals surface area contributed by atoms with Gasteiger partial charge in [-0.1, -0.05) is 140 Å². The maximum atomic E-state index is 7.00. The van der Waals surface area contributed by atoms with Crippen molar-refractivity contribution in [2.45, 2.75) is 5.41 Å². The molecule has 0 saturated heterocycles. The van der Waals surface area contributed by atoms with Crippen LogP contribution in [0.25, 0.3) is 54.9 Å². The molecule has 2 nitrogen and oxygen atoms in total. The second-order valence-electron chi connectivity index (χ2n) is 12.6. The van der Waals surface area contributed by atoms with Gasteiger partial charge in [-0.05, 0) is 84.8 Å². The number of rotatable bonds is 2. The highest BCUT2D eigenvalue weighted by atomic mass is 16.5. The Morgan fingerprint density at radius 1 is 0.404 bits per heavy atom. The molecule has 0 atom stereocenters. The Labute approximate surface area is 273 Å². The summed E-state index contributed by atoms with van der Waals surface area (Å²) in [5, 5.41) is 4.97. The Morgan fingerprint density at radius 2 is 0.936 bits per heavy atom. The number of hydrogen-bond donors (Lipinski definition) is 1. The third-order valence-corrected chi connectivity index (χ3v) is 10.3. The molecule has 1 aliphatic carbocycles. The van der Waals surface area contributed by atoms with Crippen LogP contribution in [-0.2, 0) is 5.41 Å². The van der Waals surface area contributed by atoms with Gasteiger partial charge in [0.05, 0.1) is 5.41 Å². The van der Waals surface area contributed by atoms with Crippen molar-refractivity contribution in [2.24, 2.45) is 0 Å². The molecule has 8 aromatic rings. The molecule has 8 aromatic carbocycles. The Hall–Kier alpha value is -6.12. The fraction of sp³-hybridized carbons (Fsp3) is 0.0222. The van der Waals surface area contributed by atoms with Crippen LogP contribution in [-0.4, -0.2) is 0 Å². The summed E-state index contributed by atoms with van der Waals surface area (Å²) in [7, 11) is 0. The van der Waals surface area contributed by atoms with Crippen LogP contribution >= 0.6 is 0 Å². The molecule has 220 valence electrons. The lowest BCUT2D eigenvalue weighted by molar-refractivity contribution is 0.436. The van der Waals surface area contributed by atoms with Crippen LogP contribution < -0.4 is 10.5 Å². The SMILES string of the molecule is Nc1cccc2c1C1(c3ccccc3Oc3ccccc31)c1cc(-c3c4ccccc4c(-c4ccccc4)c4ccccc34)ccc1-2. The van der Waals surface area contributed by atoms with Crippen LogP contribution in [0.2, 0.25) is 0 Å². The van der Waals surface area contributed by atoms with E-state index in [1.807, 2.05) is 6.07 Å². The van der Waals surface area contributed by atoms with Crippen molar-refractivity contribution >= 4 is 27.2 Å². The van der Waals surface area contributed by atoms with Crippen molar-refractivity contribution in [3.8, 4) is 44.9 Å². The molecule has 2 aliphatic rings. The molecule has 1 aliphatic heterocycles. The first kappa shape index (κ1) is 26.1. The fourth-order valence-corrected chi connectivity index (χ4v) is 8.50. The minimum absolute atomic E-state index is 0.632. The molecule has 1 spiro atoms. The van der Waals surface area contributed by atoms with E-state index in [0.29, 0.717) is 0 Å². The van der Waals surface area contributed by atoms with Crippen molar-refractivity contribution in [2.75, 3.05) is 5.73 Å². The molecule has 0 amide bonds. The van der Waals surface area contributed by atoms with E-state index in [0.717, 1.165) is 33.9 Å². The largest absolute Gasteiger partial charge is 0.457 e. The predicted molar refractivity (Wildman–Crippen MR) is 194 cm³/mol. The molecule has 1 heterocycles. The normalized spacial score (nSPS) is 13.5. The summed E-state index contributed by atoms with van der Waals surface area (Å²) in [5.74, 6) is 1.73. The minimum Gasteiger partial charge on any atom is -0.457 e. The van der Waals surface area contributed by atoms with Crippen LogP contribution in [0.15, 0.2) is 164 Å². The molecule has 0 saturated carbocycles. The Morgan fingerprint density at radius 3 is 1.55 bits per heavy atom. The molecule has 0 unspecified atom stereocenters. The number of ether oxygens (including phenoxy) is 1. The van der Waals surface area contributed by atoms with E-state index < -0.39 is 5.41 Å². The van der Waals surface area contributed by atoms with Gasteiger partial charge in [0.1, 0.15) is 11.5 Å². The van der Waals surface area contributed by atoms with Gasteiger partial charge in [-0.15, -0.1) is 0 Å². The van der Waals surface area contributed by atoms with Crippen LogP contribution in [0.3, 0.4) is 0 Å². The summed E-state index contributed by atoms with van der Waals surface area (Å²) in [6, 6.07) is 58.8. The smallest absolute Gasteiger partial charge is 0.132 e. The fourth-order valence-electron chi connectivity index (χ4n) is 8.50. The van der Waals surface area contributed by atoms with E-state index in [1.165, 1.54) is 60.5 Å². The van der Waals surface area contributed by atoms with Gasteiger partial charge in [-0.2, -0.15) is 0 Å². The van der Waals surface area contributed by atoms with Crippen LogP contribution in [0.4, 0.5) is 5.69 Å². The molecule has 2 N–H and O–H groups in total. The number of para-hydroxylation sites is 2. The van der Waals surface area contributed by atoms with Crippen molar-refractivity contribution in [1.82, 2.24) is 0 Å². The van der Waals surface area contributed by atoms with Gasteiger partial charge in [0.15, 0.2) is 0 Å². The summed E-state index contributed by atoms with van der Waals surface area (Å²) in [4.78, 5) is 0. The number of fused-ring (bicyclic) bond motifs is 11. The topological polar surface area (TPSA) is 35.2 Å². The lowest BCUT2D eigenvalue weighted by atomic mass is 9.65. The van der Waals surface area contributed by atoms with Gasteiger partial charge in [-0.25, -0.2) is 0 Å². The van der Waals surface area contributed by atoms with Gasteiger partial charge < -0.3 is 10.5 Å². The lowest BCUT2D eigenvalue weighted by Crippen LogP contribution is -2.32. The van der Waals surface area contributed by atoms with Crippen molar-refractivity contribution in [3.63, 3.8) is 0 Å². The molecule has 0 aromatic heterocycles. The van der Waals surface area contributed by atoms with Gasteiger partial charge >= 0.3 is 0 Å². The molecule has 0 fully saturated rings. The van der Waals surface area contributed by atoms with Gasteiger partial charge in [0.25, 0.3) is 0 Å². The van der Waals surface area contributed by atoms with Gasteiger partial charge in [-0.3, -0.25) is 0 Å². The summed E-state index contributed by atoms with van der Waals surface area (Å²) in [5.41, 5.74) is 19.0. The minimum atomic E-state index is -0.632. The van der Waals surface area contributed by atoms with Crippen LogP contribution in [0, 0.1) is 0 Å². The Kier molecular flexibility index (Phi) is 5.39. The molecule has 0 radical (unpaired) electrons. The van der Waals surface area contributed by atoms with Crippen molar-refractivity contribution in [1.29, 1.82) is 0 Å². The van der Waals surface area contributed by atoms with E-state index in [4.69, 9.17) is 10.5 Å². The molecular formula is C45H29NO. The maximum Gasteiger partial charge on any atom is 0.132 e. The first-order valence-corrected chi connectivity index (χ1v) is 16.1. The van der Waals surface area contributed by atoms with Gasteiger partial charge in [0.2, 0.25) is 0 Å². The zero-order valence-corrected chi connectivity index (χ0v) is 25.6. The monoisotopic (exact) mass is 599 g/mol. The number of anilines is 1.